The molecule has 1 aromatic rings. The van der Waals surface area contributed by atoms with Crippen molar-refractivity contribution in [2.75, 3.05) is 31.1 Å². The Balaban J connectivity index is 2.50. The van der Waals surface area contributed by atoms with Gasteiger partial charge < -0.3 is 10.2 Å². The van der Waals surface area contributed by atoms with Gasteiger partial charge in [0, 0.05) is 26.7 Å². The number of nitrogens with zero attached hydrogens (tertiary/aromatic N) is 5. The summed E-state index contributed by atoms with van der Waals surface area (Å²) in [6, 6.07) is 0. The molecule has 0 aliphatic heterocycles. The van der Waals surface area contributed by atoms with Crippen LogP contribution in [0, 0.1) is 0 Å². The fraction of sp³-hybridized carbons (Fsp3) is 0.875. The molecule has 1 N–H and O–H groups in total. The monoisotopic (exact) mass is 198 g/mol. The predicted octanol–water partition coefficient (Wildman–Crippen LogP) is -0.354. The van der Waals surface area contributed by atoms with E-state index in [1.807, 2.05) is 7.05 Å². The molecule has 1 rings (SSSR count). The number of likely N-dealkylation sites (N-methyl/N-ethyl adjacent to an activating group) is 2. The minimum Gasteiger partial charge on any atom is -0.339 e. The van der Waals surface area contributed by atoms with Crippen LogP contribution in [0.1, 0.15) is 13.8 Å². The number of hydrogen-bond acceptors (Lipinski definition) is 5. The molecule has 14 heavy (non-hydrogen) atoms. The molecule has 0 aliphatic rings. The Morgan fingerprint density at radius 1 is 1.43 bits per heavy atom. The maximum Gasteiger partial charge on any atom is 0.245 e. The molecule has 0 fully saturated rings. The molecule has 0 aliphatic carbocycles. The molecule has 0 radical (unpaired) electrons. The molecule has 0 atom stereocenters. The van der Waals surface area contributed by atoms with Gasteiger partial charge in [-0.15, -0.1) is 0 Å². The molecule has 1 heterocycles. The predicted molar refractivity (Wildman–Crippen MR) is 55.2 cm³/mol. The summed E-state index contributed by atoms with van der Waals surface area (Å²) in [6.45, 7) is 7.99. The van der Waals surface area contributed by atoms with Crippen LogP contribution in [-0.2, 0) is 7.05 Å². The first kappa shape index (κ1) is 10.9. The van der Waals surface area contributed by atoms with E-state index in [2.05, 4.69) is 39.6 Å². The molecule has 0 saturated heterocycles. The van der Waals surface area contributed by atoms with Gasteiger partial charge in [0.15, 0.2) is 0 Å². The Labute approximate surface area is 84.3 Å². The van der Waals surface area contributed by atoms with Crippen LogP contribution in [-0.4, -0.2) is 46.4 Å². The summed E-state index contributed by atoms with van der Waals surface area (Å²) in [6.07, 6.45) is 0. The molecule has 0 bridgehead atoms. The van der Waals surface area contributed by atoms with E-state index in [1.165, 1.54) is 0 Å². The Kier molecular flexibility index (Phi) is 4.31. The van der Waals surface area contributed by atoms with Crippen LogP contribution < -0.4 is 10.2 Å². The Hall–Kier alpha value is -1.17. The summed E-state index contributed by atoms with van der Waals surface area (Å²) in [5.41, 5.74) is 0. The first-order valence-corrected chi connectivity index (χ1v) is 4.97. The Morgan fingerprint density at radius 3 is 2.71 bits per heavy atom. The summed E-state index contributed by atoms with van der Waals surface area (Å²) in [4.78, 5) is 2.14. The number of nitrogens with one attached hydrogen (secondary N) is 1. The molecule has 0 aromatic carbocycles. The molecule has 6 nitrogen and oxygen atoms in total. The van der Waals surface area contributed by atoms with Gasteiger partial charge in [-0.2, -0.15) is 0 Å². The lowest BCUT2D eigenvalue weighted by Gasteiger charge is -2.20. The number of hydrogen-bond donors (Lipinski definition) is 1. The van der Waals surface area contributed by atoms with Crippen molar-refractivity contribution in [1.29, 1.82) is 0 Å². The topological polar surface area (TPSA) is 58.9 Å². The van der Waals surface area contributed by atoms with Crippen LogP contribution in [0.15, 0.2) is 0 Å². The van der Waals surface area contributed by atoms with Crippen molar-refractivity contribution in [3.05, 3.63) is 0 Å². The van der Waals surface area contributed by atoms with Crippen LogP contribution in [0.25, 0.3) is 0 Å². The van der Waals surface area contributed by atoms with Crippen LogP contribution in [0.4, 0.5) is 5.95 Å². The highest BCUT2D eigenvalue weighted by Gasteiger charge is 2.09. The third-order valence-electron chi connectivity index (χ3n) is 2.07. The lowest BCUT2D eigenvalue weighted by molar-refractivity contribution is 0.651. The summed E-state index contributed by atoms with van der Waals surface area (Å²) >= 11 is 0. The maximum atomic E-state index is 3.97. The van der Waals surface area contributed by atoms with Crippen molar-refractivity contribution in [3.8, 4) is 0 Å². The second-order valence-corrected chi connectivity index (χ2v) is 3.04. The van der Waals surface area contributed by atoms with Crippen LogP contribution >= 0.6 is 0 Å². The van der Waals surface area contributed by atoms with E-state index in [1.54, 1.807) is 4.68 Å². The van der Waals surface area contributed by atoms with Gasteiger partial charge in [0.05, 0.1) is 0 Å². The van der Waals surface area contributed by atoms with Crippen LogP contribution in [0.2, 0.25) is 0 Å². The summed E-state index contributed by atoms with van der Waals surface area (Å²) in [7, 11) is 1.85. The van der Waals surface area contributed by atoms with Crippen molar-refractivity contribution >= 4 is 5.95 Å². The molecule has 6 heteroatoms. The number of aryl methyl sites for hydroxylation is 1. The summed E-state index contributed by atoms with van der Waals surface area (Å²) < 4.78 is 1.69. The van der Waals surface area contributed by atoms with Crippen molar-refractivity contribution in [2.24, 2.45) is 7.05 Å². The molecule has 0 saturated carbocycles. The van der Waals surface area contributed by atoms with E-state index >= 15 is 0 Å². The van der Waals surface area contributed by atoms with Crippen LogP contribution in [0.5, 0.6) is 0 Å². The van der Waals surface area contributed by atoms with E-state index in [0.29, 0.717) is 0 Å². The van der Waals surface area contributed by atoms with Crippen molar-refractivity contribution in [3.63, 3.8) is 0 Å². The normalized spacial score (nSPS) is 10.5. The van der Waals surface area contributed by atoms with Gasteiger partial charge in [0.25, 0.3) is 0 Å². The summed E-state index contributed by atoms with van der Waals surface area (Å²) in [5.74, 6) is 0.824. The molecule has 0 spiro atoms. The lowest BCUT2D eigenvalue weighted by atomic mass is 10.5. The highest BCUT2D eigenvalue weighted by molar-refractivity contribution is 5.26. The second kappa shape index (κ2) is 5.54. The minimum absolute atomic E-state index is 0.824. The molecule has 0 unspecified atom stereocenters. The fourth-order valence-corrected chi connectivity index (χ4v) is 1.28. The van der Waals surface area contributed by atoms with Gasteiger partial charge in [0.2, 0.25) is 5.95 Å². The van der Waals surface area contributed by atoms with Crippen molar-refractivity contribution < 1.29 is 0 Å². The third-order valence-corrected chi connectivity index (χ3v) is 2.07. The Morgan fingerprint density at radius 2 is 2.21 bits per heavy atom. The zero-order chi connectivity index (χ0) is 10.4. The number of tetrazole rings is 1. The van der Waals surface area contributed by atoms with Gasteiger partial charge >= 0.3 is 0 Å². The van der Waals surface area contributed by atoms with Gasteiger partial charge in [-0.1, -0.05) is 12.0 Å². The molecular formula is C8H18N6. The maximum absolute atomic E-state index is 3.97. The van der Waals surface area contributed by atoms with Gasteiger partial charge in [-0.3, -0.25) is 0 Å². The first-order valence-electron chi connectivity index (χ1n) is 4.97. The van der Waals surface area contributed by atoms with E-state index in [-0.39, 0.29) is 0 Å². The van der Waals surface area contributed by atoms with E-state index in [4.69, 9.17) is 0 Å². The SMILES string of the molecule is CCNCCN(CC)c1nnnn1C. The quantitative estimate of drug-likeness (QED) is 0.633. The van der Waals surface area contributed by atoms with Gasteiger partial charge in [-0.05, 0) is 23.9 Å². The first-order chi connectivity index (χ1) is 6.79. The number of anilines is 1. The highest BCUT2D eigenvalue weighted by Crippen LogP contribution is 2.04. The summed E-state index contributed by atoms with van der Waals surface area (Å²) in [5, 5.41) is 14.7. The molecule has 0 amide bonds. The molecular weight excluding hydrogens is 180 g/mol. The zero-order valence-corrected chi connectivity index (χ0v) is 9.06. The van der Waals surface area contributed by atoms with E-state index in [9.17, 15) is 0 Å². The molecule has 80 valence electrons. The van der Waals surface area contributed by atoms with E-state index < -0.39 is 0 Å². The number of rotatable bonds is 6. The minimum atomic E-state index is 0.824. The third kappa shape index (κ3) is 2.66. The van der Waals surface area contributed by atoms with Crippen LogP contribution in [0.3, 0.4) is 0 Å². The average molecular weight is 198 g/mol. The zero-order valence-electron chi connectivity index (χ0n) is 9.06. The molecule has 1 aromatic heterocycles. The Bertz CT molecular complexity index is 258. The van der Waals surface area contributed by atoms with Gasteiger partial charge in [0.1, 0.15) is 0 Å². The lowest BCUT2D eigenvalue weighted by Crippen LogP contribution is -2.33. The smallest absolute Gasteiger partial charge is 0.245 e. The largest absolute Gasteiger partial charge is 0.339 e. The fourth-order valence-electron chi connectivity index (χ4n) is 1.28. The van der Waals surface area contributed by atoms with Crippen molar-refractivity contribution in [1.82, 2.24) is 25.5 Å². The van der Waals surface area contributed by atoms with Gasteiger partial charge in [-0.25, -0.2) is 4.68 Å². The highest BCUT2D eigenvalue weighted by atomic mass is 15.6. The van der Waals surface area contributed by atoms with E-state index in [0.717, 1.165) is 32.1 Å². The second-order valence-electron chi connectivity index (χ2n) is 3.04. The van der Waals surface area contributed by atoms with Crippen molar-refractivity contribution in [2.45, 2.75) is 13.8 Å². The standard InChI is InChI=1S/C8H18N6/c1-4-9-6-7-14(5-2)8-10-11-12-13(8)3/h9H,4-7H2,1-3H3. The number of aromatic nitrogens is 4. The average Bonchev–Trinajstić information content (AvgIpc) is 2.60.